The molecule has 2 atom stereocenters. The standard InChI is InChI=1S/C15H24NO/c1-15(2,3)14-16(4,5)11-13(17-14)12-9-7-6-8-10-12/h6-10,13-14H,11H2,1-5H3/q+1. The van der Waals surface area contributed by atoms with Crippen molar-refractivity contribution in [1.29, 1.82) is 0 Å². The molecule has 1 aliphatic heterocycles. The molecule has 1 aromatic rings. The molecule has 1 aromatic carbocycles. The van der Waals surface area contributed by atoms with Gasteiger partial charge >= 0.3 is 0 Å². The van der Waals surface area contributed by atoms with Crippen molar-refractivity contribution in [2.75, 3.05) is 20.6 Å². The molecule has 1 saturated heterocycles. The van der Waals surface area contributed by atoms with Gasteiger partial charge in [0.2, 0.25) is 0 Å². The zero-order valence-corrected chi connectivity index (χ0v) is 11.6. The Labute approximate surface area is 105 Å². The lowest BCUT2D eigenvalue weighted by molar-refractivity contribution is -0.922. The first-order valence-electron chi connectivity index (χ1n) is 6.34. The topological polar surface area (TPSA) is 9.23 Å². The molecule has 2 unspecified atom stereocenters. The van der Waals surface area contributed by atoms with Gasteiger partial charge in [0, 0.05) is 5.41 Å². The maximum Gasteiger partial charge on any atom is 0.198 e. The predicted octanol–water partition coefficient (Wildman–Crippen LogP) is 3.21. The molecule has 0 saturated carbocycles. The average Bonchev–Trinajstić information content (AvgIpc) is 2.55. The van der Waals surface area contributed by atoms with Crippen LogP contribution in [0.5, 0.6) is 0 Å². The maximum absolute atomic E-state index is 6.30. The fourth-order valence-electron chi connectivity index (χ4n) is 2.99. The highest BCUT2D eigenvalue weighted by atomic mass is 16.5. The third-order valence-electron chi connectivity index (χ3n) is 3.48. The van der Waals surface area contributed by atoms with Gasteiger partial charge in [-0.1, -0.05) is 51.1 Å². The minimum atomic E-state index is 0.174. The van der Waals surface area contributed by atoms with Crippen LogP contribution in [-0.4, -0.2) is 31.4 Å². The summed E-state index contributed by atoms with van der Waals surface area (Å²) in [5, 5.41) is 0. The van der Waals surface area contributed by atoms with Crippen molar-refractivity contribution in [2.45, 2.75) is 33.1 Å². The van der Waals surface area contributed by atoms with Gasteiger partial charge in [-0.05, 0) is 5.56 Å². The van der Waals surface area contributed by atoms with Crippen LogP contribution in [0, 0.1) is 5.41 Å². The third-order valence-corrected chi connectivity index (χ3v) is 3.48. The van der Waals surface area contributed by atoms with Crippen molar-refractivity contribution < 1.29 is 9.22 Å². The van der Waals surface area contributed by atoms with E-state index in [0.717, 1.165) is 11.0 Å². The van der Waals surface area contributed by atoms with Crippen LogP contribution in [0.1, 0.15) is 32.4 Å². The zero-order chi connectivity index (χ0) is 12.7. The van der Waals surface area contributed by atoms with Crippen molar-refractivity contribution in [3.63, 3.8) is 0 Å². The molecule has 0 amide bonds. The van der Waals surface area contributed by atoms with Gasteiger partial charge in [-0.15, -0.1) is 0 Å². The number of ether oxygens (including phenoxy) is 1. The van der Waals surface area contributed by atoms with Gasteiger partial charge in [-0.2, -0.15) is 0 Å². The van der Waals surface area contributed by atoms with Crippen LogP contribution in [0.3, 0.4) is 0 Å². The number of nitrogens with zero attached hydrogens (tertiary/aromatic N) is 1. The van der Waals surface area contributed by atoms with Crippen LogP contribution in [0.15, 0.2) is 30.3 Å². The fraction of sp³-hybridized carbons (Fsp3) is 0.600. The van der Waals surface area contributed by atoms with E-state index in [1.165, 1.54) is 5.56 Å². The largest absolute Gasteiger partial charge is 0.315 e. The Balaban J connectivity index is 2.22. The van der Waals surface area contributed by atoms with E-state index < -0.39 is 0 Å². The van der Waals surface area contributed by atoms with Gasteiger partial charge in [-0.25, -0.2) is 0 Å². The summed E-state index contributed by atoms with van der Waals surface area (Å²) in [6, 6.07) is 10.6. The van der Waals surface area contributed by atoms with Gasteiger partial charge in [0.1, 0.15) is 12.6 Å². The summed E-state index contributed by atoms with van der Waals surface area (Å²) >= 11 is 0. The maximum atomic E-state index is 6.30. The summed E-state index contributed by atoms with van der Waals surface area (Å²) in [6.07, 6.45) is 0.489. The Morgan fingerprint density at radius 2 is 1.71 bits per heavy atom. The molecule has 17 heavy (non-hydrogen) atoms. The first-order chi connectivity index (χ1) is 7.81. The Hall–Kier alpha value is -0.860. The molecule has 1 aliphatic rings. The summed E-state index contributed by atoms with van der Waals surface area (Å²) in [7, 11) is 4.53. The molecule has 0 N–H and O–H groups in total. The molecule has 0 bridgehead atoms. The molecule has 94 valence electrons. The predicted molar refractivity (Wildman–Crippen MR) is 70.5 cm³/mol. The lowest BCUT2D eigenvalue weighted by atomic mass is 9.93. The number of rotatable bonds is 1. The van der Waals surface area contributed by atoms with Crippen molar-refractivity contribution in [2.24, 2.45) is 5.41 Å². The van der Waals surface area contributed by atoms with Crippen LogP contribution in [0.2, 0.25) is 0 Å². The zero-order valence-electron chi connectivity index (χ0n) is 11.6. The van der Waals surface area contributed by atoms with Crippen molar-refractivity contribution in [1.82, 2.24) is 0 Å². The SMILES string of the molecule is CC(C)(C)C1OC(c2ccccc2)C[N+]1(C)C. The highest BCUT2D eigenvalue weighted by Gasteiger charge is 2.48. The number of hydrogen-bond donors (Lipinski definition) is 0. The van der Waals surface area contributed by atoms with Crippen LogP contribution in [0.4, 0.5) is 0 Å². The van der Waals surface area contributed by atoms with Gasteiger partial charge < -0.3 is 9.22 Å². The number of hydrogen-bond acceptors (Lipinski definition) is 1. The number of quaternary nitrogens is 1. The summed E-state index contributed by atoms with van der Waals surface area (Å²) in [4.78, 5) is 0. The van der Waals surface area contributed by atoms with E-state index in [1.54, 1.807) is 0 Å². The van der Waals surface area contributed by atoms with Crippen LogP contribution in [0.25, 0.3) is 0 Å². The second-order valence-electron chi connectivity index (χ2n) is 6.72. The van der Waals surface area contributed by atoms with E-state index in [-0.39, 0.29) is 17.7 Å². The Kier molecular flexibility index (Phi) is 3.04. The molecular weight excluding hydrogens is 210 g/mol. The Morgan fingerprint density at radius 1 is 1.12 bits per heavy atom. The van der Waals surface area contributed by atoms with Crippen LogP contribution in [-0.2, 0) is 4.74 Å². The summed E-state index contributed by atoms with van der Waals surface area (Å²) < 4.78 is 7.23. The summed E-state index contributed by atoms with van der Waals surface area (Å²) in [6.45, 7) is 7.81. The van der Waals surface area contributed by atoms with Crippen molar-refractivity contribution in [3.05, 3.63) is 35.9 Å². The lowest BCUT2D eigenvalue weighted by Crippen LogP contribution is -2.51. The van der Waals surface area contributed by atoms with E-state index in [9.17, 15) is 0 Å². The van der Waals surface area contributed by atoms with Crippen molar-refractivity contribution in [3.8, 4) is 0 Å². The molecule has 2 heteroatoms. The fourth-order valence-corrected chi connectivity index (χ4v) is 2.99. The minimum absolute atomic E-state index is 0.174. The molecule has 2 nitrogen and oxygen atoms in total. The van der Waals surface area contributed by atoms with E-state index >= 15 is 0 Å². The van der Waals surface area contributed by atoms with E-state index in [0.29, 0.717) is 0 Å². The highest BCUT2D eigenvalue weighted by molar-refractivity contribution is 5.18. The van der Waals surface area contributed by atoms with Gasteiger partial charge in [0.05, 0.1) is 14.1 Å². The van der Waals surface area contributed by atoms with E-state index in [4.69, 9.17) is 4.74 Å². The van der Waals surface area contributed by atoms with E-state index in [1.807, 2.05) is 0 Å². The first kappa shape index (κ1) is 12.6. The molecule has 0 aliphatic carbocycles. The molecule has 1 fully saturated rings. The van der Waals surface area contributed by atoms with Crippen molar-refractivity contribution >= 4 is 0 Å². The first-order valence-corrected chi connectivity index (χ1v) is 6.34. The summed E-state index contributed by atoms with van der Waals surface area (Å²) in [5.41, 5.74) is 1.47. The Morgan fingerprint density at radius 3 is 2.18 bits per heavy atom. The quantitative estimate of drug-likeness (QED) is 0.678. The van der Waals surface area contributed by atoms with Crippen LogP contribution < -0.4 is 0 Å². The Bertz CT molecular complexity index is 378. The monoisotopic (exact) mass is 234 g/mol. The molecule has 1 heterocycles. The molecular formula is C15H24NO+. The number of likely N-dealkylation sites (N-methyl/N-ethyl adjacent to an activating group) is 1. The number of benzene rings is 1. The molecule has 2 rings (SSSR count). The smallest absolute Gasteiger partial charge is 0.198 e. The molecule has 0 spiro atoms. The highest BCUT2D eigenvalue weighted by Crippen LogP contribution is 2.40. The normalized spacial score (nSPS) is 28.3. The lowest BCUT2D eigenvalue weighted by Gasteiger charge is -2.37. The molecule has 0 aromatic heterocycles. The average molecular weight is 234 g/mol. The van der Waals surface area contributed by atoms with Crippen LogP contribution >= 0.6 is 0 Å². The minimum Gasteiger partial charge on any atom is -0.315 e. The van der Waals surface area contributed by atoms with Gasteiger partial charge in [0.25, 0.3) is 0 Å². The molecule has 0 radical (unpaired) electrons. The van der Waals surface area contributed by atoms with Gasteiger partial charge in [-0.3, -0.25) is 0 Å². The third kappa shape index (κ3) is 2.53. The van der Waals surface area contributed by atoms with Gasteiger partial charge in [0.15, 0.2) is 6.23 Å². The second-order valence-corrected chi connectivity index (χ2v) is 6.72. The summed E-state index contributed by atoms with van der Waals surface area (Å²) in [5.74, 6) is 0. The van der Waals surface area contributed by atoms with E-state index in [2.05, 4.69) is 65.2 Å². The second kappa shape index (κ2) is 4.11.